The molecule has 1 aromatic rings. The molecule has 0 spiro atoms. The number of fused-ring (bicyclic) bond motifs is 3. The van der Waals surface area contributed by atoms with Crippen molar-refractivity contribution < 1.29 is 9.59 Å². The van der Waals surface area contributed by atoms with Crippen LogP contribution in [-0.2, 0) is 4.79 Å². The topological polar surface area (TPSA) is 59.5 Å². The molecule has 4 rings (SSSR count). The van der Waals surface area contributed by atoms with Crippen LogP contribution >= 0.6 is 11.6 Å². The number of aliphatic imine (C=N–C) groups is 1. The summed E-state index contributed by atoms with van der Waals surface area (Å²) in [4.78, 5) is 37.1. The average Bonchev–Trinajstić information content (AvgIpc) is 3.14. The molecule has 2 atom stereocenters. The summed E-state index contributed by atoms with van der Waals surface area (Å²) in [5, 5.41) is 0.673. The van der Waals surface area contributed by atoms with Gasteiger partial charge >= 0.3 is 6.03 Å². The van der Waals surface area contributed by atoms with Crippen LogP contribution in [0.25, 0.3) is 0 Å². The first-order valence-corrected chi connectivity index (χ1v) is 9.42. The fourth-order valence-corrected chi connectivity index (χ4v) is 4.00. The highest BCUT2D eigenvalue weighted by atomic mass is 35.5. The lowest BCUT2D eigenvalue weighted by atomic mass is 10.1. The summed E-state index contributed by atoms with van der Waals surface area (Å²) in [5.41, 5.74) is 2.82. The SMILES string of the molecule is CCCN1C(=O)C2C(N=C3N(c4ccc(C)c(Cl)c4)C(C)=CN32)N(C)C1=O. The third kappa shape index (κ3) is 2.52. The van der Waals surface area contributed by atoms with Gasteiger partial charge in [-0.3, -0.25) is 14.6 Å². The van der Waals surface area contributed by atoms with Gasteiger partial charge in [0.15, 0.2) is 12.2 Å². The Bertz CT molecular complexity index is 896. The summed E-state index contributed by atoms with van der Waals surface area (Å²) in [6.07, 6.45) is 2.11. The second-order valence-electron chi connectivity index (χ2n) is 7.12. The van der Waals surface area contributed by atoms with Gasteiger partial charge in [-0.1, -0.05) is 24.6 Å². The van der Waals surface area contributed by atoms with E-state index in [1.807, 2.05) is 55.0 Å². The van der Waals surface area contributed by atoms with E-state index in [1.54, 1.807) is 11.9 Å². The van der Waals surface area contributed by atoms with Gasteiger partial charge in [-0.2, -0.15) is 0 Å². The Hall–Kier alpha value is -2.54. The summed E-state index contributed by atoms with van der Waals surface area (Å²) in [6, 6.07) is 5.00. The van der Waals surface area contributed by atoms with Crippen molar-refractivity contribution in [3.63, 3.8) is 0 Å². The number of amides is 3. The van der Waals surface area contributed by atoms with Crippen LogP contribution in [0.1, 0.15) is 25.8 Å². The zero-order valence-electron chi connectivity index (χ0n) is 15.8. The van der Waals surface area contributed by atoms with E-state index >= 15 is 0 Å². The third-order valence-corrected chi connectivity index (χ3v) is 5.66. The number of benzene rings is 1. The standard InChI is InChI=1S/C19H22ClN5O2/c1-5-8-23-17(26)15-16(22(4)19(23)27)21-18-24(15)10-12(3)25(18)13-7-6-11(2)14(20)9-13/h6-7,9-10,15-16H,5,8H2,1-4H3. The predicted octanol–water partition coefficient (Wildman–Crippen LogP) is 3.00. The van der Waals surface area contributed by atoms with Gasteiger partial charge in [-0.05, 0) is 38.0 Å². The Labute approximate surface area is 163 Å². The van der Waals surface area contributed by atoms with Crippen molar-refractivity contribution in [1.82, 2.24) is 14.7 Å². The Balaban J connectivity index is 1.73. The number of carbonyl (C=O) groups is 2. The average molecular weight is 388 g/mol. The molecule has 0 aliphatic carbocycles. The highest BCUT2D eigenvalue weighted by Crippen LogP contribution is 2.37. The highest BCUT2D eigenvalue weighted by Gasteiger charge is 2.54. The number of guanidine groups is 1. The van der Waals surface area contributed by atoms with Gasteiger partial charge in [0.2, 0.25) is 5.96 Å². The fraction of sp³-hybridized carbons (Fsp3) is 0.421. The van der Waals surface area contributed by atoms with Crippen LogP contribution in [0.2, 0.25) is 5.02 Å². The molecule has 0 N–H and O–H groups in total. The number of nitrogens with zero attached hydrogens (tertiary/aromatic N) is 5. The first-order valence-electron chi connectivity index (χ1n) is 9.04. The summed E-state index contributed by atoms with van der Waals surface area (Å²) >= 11 is 6.31. The van der Waals surface area contributed by atoms with Gasteiger partial charge in [0, 0.05) is 30.5 Å². The molecular weight excluding hydrogens is 366 g/mol. The zero-order valence-corrected chi connectivity index (χ0v) is 16.6. The van der Waals surface area contributed by atoms with Crippen LogP contribution in [0.4, 0.5) is 10.5 Å². The van der Waals surface area contributed by atoms with E-state index < -0.39 is 12.2 Å². The Kier molecular flexibility index (Phi) is 4.14. The minimum Gasteiger partial charge on any atom is -0.302 e. The van der Waals surface area contributed by atoms with Gasteiger partial charge in [0.1, 0.15) is 0 Å². The fourth-order valence-electron chi connectivity index (χ4n) is 3.82. The smallest absolute Gasteiger partial charge is 0.302 e. The van der Waals surface area contributed by atoms with Crippen molar-refractivity contribution in [2.24, 2.45) is 4.99 Å². The third-order valence-electron chi connectivity index (χ3n) is 5.25. The van der Waals surface area contributed by atoms with Crippen LogP contribution in [0.3, 0.4) is 0 Å². The van der Waals surface area contributed by atoms with E-state index in [1.165, 1.54) is 4.90 Å². The summed E-state index contributed by atoms with van der Waals surface area (Å²) in [6.45, 7) is 6.28. The summed E-state index contributed by atoms with van der Waals surface area (Å²) in [5.74, 6) is 0.449. The van der Waals surface area contributed by atoms with Crippen molar-refractivity contribution in [1.29, 1.82) is 0 Å². The van der Waals surface area contributed by atoms with Crippen LogP contribution in [0.15, 0.2) is 35.1 Å². The van der Waals surface area contributed by atoms with Gasteiger partial charge in [-0.25, -0.2) is 9.79 Å². The lowest BCUT2D eigenvalue weighted by Crippen LogP contribution is -2.64. The van der Waals surface area contributed by atoms with E-state index in [0.29, 0.717) is 17.5 Å². The van der Waals surface area contributed by atoms with E-state index in [0.717, 1.165) is 23.4 Å². The zero-order chi connectivity index (χ0) is 19.5. The normalized spacial score (nSPS) is 24.3. The second-order valence-corrected chi connectivity index (χ2v) is 7.52. The number of halogens is 1. The first-order chi connectivity index (χ1) is 12.8. The van der Waals surface area contributed by atoms with Gasteiger partial charge in [-0.15, -0.1) is 0 Å². The molecule has 3 heterocycles. The number of imide groups is 1. The monoisotopic (exact) mass is 387 g/mol. The van der Waals surface area contributed by atoms with Crippen LogP contribution in [0, 0.1) is 6.92 Å². The van der Waals surface area contributed by atoms with Gasteiger partial charge in [0.05, 0.1) is 5.69 Å². The van der Waals surface area contributed by atoms with E-state index in [-0.39, 0.29) is 11.9 Å². The molecule has 3 aliphatic heterocycles. The van der Waals surface area contributed by atoms with Gasteiger partial charge < -0.3 is 9.80 Å². The van der Waals surface area contributed by atoms with E-state index in [4.69, 9.17) is 16.6 Å². The Morgan fingerprint density at radius 1 is 1.22 bits per heavy atom. The quantitative estimate of drug-likeness (QED) is 0.800. The number of likely N-dealkylation sites (N-methyl/N-ethyl adjacent to an activating group) is 1. The lowest BCUT2D eigenvalue weighted by Gasteiger charge is -2.40. The molecule has 27 heavy (non-hydrogen) atoms. The van der Waals surface area contributed by atoms with Crippen molar-refractivity contribution in [2.75, 3.05) is 18.5 Å². The number of rotatable bonds is 3. The largest absolute Gasteiger partial charge is 0.328 e. The molecule has 0 bridgehead atoms. The van der Waals surface area contributed by atoms with Crippen LogP contribution in [-0.4, -0.2) is 58.4 Å². The predicted molar refractivity (Wildman–Crippen MR) is 104 cm³/mol. The molecule has 1 fully saturated rings. The number of aryl methyl sites for hydroxylation is 1. The molecular formula is C19H22ClN5O2. The number of anilines is 1. The minimum absolute atomic E-state index is 0.198. The molecule has 3 amide bonds. The van der Waals surface area contributed by atoms with Crippen LogP contribution in [0.5, 0.6) is 0 Å². The van der Waals surface area contributed by atoms with E-state index in [2.05, 4.69) is 0 Å². The molecule has 142 valence electrons. The lowest BCUT2D eigenvalue weighted by molar-refractivity contribution is -0.136. The van der Waals surface area contributed by atoms with Crippen molar-refractivity contribution in [3.8, 4) is 0 Å². The Morgan fingerprint density at radius 3 is 2.63 bits per heavy atom. The van der Waals surface area contributed by atoms with Gasteiger partial charge in [0.25, 0.3) is 5.91 Å². The number of carbonyl (C=O) groups excluding carboxylic acids is 2. The van der Waals surface area contributed by atoms with Crippen molar-refractivity contribution >= 4 is 35.2 Å². The maximum atomic E-state index is 13.0. The molecule has 1 saturated heterocycles. The molecule has 8 heteroatoms. The maximum absolute atomic E-state index is 13.0. The molecule has 2 unspecified atom stereocenters. The summed E-state index contributed by atoms with van der Waals surface area (Å²) < 4.78 is 0. The molecule has 1 aromatic carbocycles. The molecule has 3 aliphatic rings. The number of hydrogen-bond acceptors (Lipinski definition) is 5. The second kappa shape index (κ2) is 6.27. The molecule has 7 nitrogen and oxygen atoms in total. The highest BCUT2D eigenvalue weighted by molar-refractivity contribution is 6.31. The molecule has 0 radical (unpaired) electrons. The minimum atomic E-state index is -0.532. The first kappa shape index (κ1) is 17.9. The van der Waals surface area contributed by atoms with Crippen molar-refractivity contribution in [2.45, 2.75) is 39.4 Å². The molecule has 0 aromatic heterocycles. The number of urea groups is 1. The number of allylic oxidation sites excluding steroid dienone is 1. The maximum Gasteiger partial charge on any atom is 0.328 e. The summed E-state index contributed by atoms with van der Waals surface area (Å²) in [7, 11) is 1.70. The van der Waals surface area contributed by atoms with E-state index in [9.17, 15) is 9.59 Å². The van der Waals surface area contributed by atoms with Crippen LogP contribution < -0.4 is 4.90 Å². The number of hydrogen-bond donors (Lipinski definition) is 0. The Morgan fingerprint density at radius 2 is 1.96 bits per heavy atom. The van der Waals surface area contributed by atoms with Crippen molar-refractivity contribution in [3.05, 3.63) is 40.7 Å². The molecule has 0 saturated carbocycles.